The van der Waals surface area contributed by atoms with Crippen LogP contribution in [0.5, 0.6) is 0 Å². The lowest BCUT2D eigenvalue weighted by Crippen LogP contribution is -2.23. The normalized spacial score (nSPS) is 16.8. The number of halogens is 1. The smallest absolute Gasteiger partial charge is 0.252 e. The summed E-state index contributed by atoms with van der Waals surface area (Å²) in [5.74, 6) is 0. The van der Waals surface area contributed by atoms with Gasteiger partial charge in [-0.1, -0.05) is 24.4 Å². The van der Waals surface area contributed by atoms with E-state index in [0.717, 1.165) is 23.9 Å². The van der Waals surface area contributed by atoms with E-state index in [0.29, 0.717) is 5.15 Å². The molecule has 1 fully saturated rings. The lowest BCUT2D eigenvalue weighted by atomic mass is 10.2. The largest absolute Gasteiger partial charge is 0.290 e. The SMILES string of the molecule is O=c1ccc2ccc(Cl)nc2n1C1CCCC1. The standard InChI is InChI=1S/C13H13ClN2O/c14-11-7-5-9-6-8-12(17)16(13(9)15-11)10-3-1-2-4-10/h5-8,10H,1-4H2. The molecule has 0 aromatic carbocycles. The monoisotopic (exact) mass is 248 g/mol. The third-order valence-corrected chi connectivity index (χ3v) is 3.64. The van der Waals surface area contributed by atoms with Gasteiger partial charge in [0.15, 0.2) is 0 Å². The van der Waals surface area contributed by atoms with Crippen LogP contribution in [0.4, 0.5) is 0 Å². The first-order valence-electron chi connectivity index (χ1n) is 5.93. The van der Waals surface area contributed by atoms with Gasteiger partial charge >= 0.3 is 0 Å². The van der Waals surface area contributed by atoms with E-state index in [4.69, 9.17) is 11.6 Å². The molecular weight excluding hydrogens is 236 g/mol. The average Bonchev–Trinajstić information content (AvgIpc) is 2.82. The van der Waals surface area contributed by atoms with Gasteiger partial charge in [0.2, 0.25) is 0 Å². The molecule has 88 valence electrons. The number of nitrogens with zero attached hydrogens (tertiary/aromatic N) is 2. The molecule has 0 amide bonds. The van der Waals surface area contributed by atoms with E-state index in [9.17, 15) is 4.79 Å². The van der Waals surface area contributed by atoms with Crippen LogP contribution in [0, 0.1) is 0 Å². The van der Waals surface area contributed by atoms with Crippen molar-refractivity contribution in [2.24, 2.45) is 0 Å². The zero-order valence-corrected chi connectivity index (χ0v) is 10.2. The van der Waals surface area contributed by atoms with Gasteiger partial charge in [-0.2, -0.15) is 0 Å². The Balaban J connectivity index is 2.29. The van der Waals surface area contributed by atoms with Gasteiger partial charge in [0, 0.05) is 17.5 Å². The van der Waals surface area contributed by atoms with Crippen molar-refractivity contribution in [3.63, 3.8) is 0 Å². The molecule has 0 bridgehead atoms. The second-order valence-electron chi connectivity index (χ2n) is 4.53. The van der Waals surface area contributed by atoms with Gasteiger partial charge < -0.3 is 0 Å². The van der Waals surface area contributed by atoms with E-state index in [-0.39, 0.29) is 11.6 Å². The second kappa shape index (κ2) is 4.15. The molecule has 0 unspecified atom stereocenters. The van der Waals surface area contributed by atoms with E-state index in [2.05, 4.69) is 4.98 Å². The van der Waals surface area contributed by atoms with E-state index in [1.54, 1.807) is 12.1 Å². The van der Waals surface area contributed by atoms with E-state index >= 15 is 0 Å². The Labute approximate surface area is 104 Å². The number of rotatable bonds is 1. The minimum Gasteiger partial charge on any atom is -0.290 e. The predicted octanol–water partition coefficient (Wildman–Crippen LogP) is 3.17. The van der Waals surface area contributed by atoms with Gasteiger partial charge in [-0.15, -0.1) is 0 Å². The third kappa shape index (κ3) is 1.84. The predicted molar refractivity (Wildman–Crippen MR) is 68.5 cm³/mol. The summed E-state index contributed by atoms with van der Waals surface area (Å²) in [7, 11) is 0. The zero-order chi connectivity index (χ0) is 11.8. The Kier molecular flexibility index (Phi) is 2.63. The van der Waals surface area contributed by atoms with Gasteiger partial charge in [0.25, 0.3) is 5.56 Å². The summed E-state index contributed by atoms with van der Waals surface area (Å²) in [5, 5.41) is 1.41. The number of aromatic nitrogens is 2. The maximum atomic E-state index is 12.0. The molecule has 0 N–H and O–H groups in total. The second-order valence-corrected chi connectivity index (χ2v) is 4.91. The van der Waals surface area contributed by atoms with Crippen LogP contribution in [0.1, 0.15) is 31.7 Å². The summed E-state index contributed by atoms with van der Waals surface area (Å²) in [5.41, 5.74) is 0.746. The molecular formula is C13H13ClN2O. The number of hydrogen-bond donors (Lipinski definition) is 0. The number of hydrogen-bond acceptors (Lipinski definition) is 2. The van der Waals surface area contributed by atoms with Gasteiger partial charge in [0.05, 0.1) is 0 Å². The van der Waals surface area contributed by atoms with E-state index in [1.165, 1.54) is 12.8 Å². The van der Waals surface area contributed by atoms with Crippen molar-refractivity contribution in [2.45, 2.75) is 31.7 Å². The van der Waals surface area contributed by atoms with Crippen molar-refractivity contribution in [2.75, 3.05) is 0 Å². The molecule has 2 heterocycles. The first-order chi connectivity index (χ1) is 8.25. The van der Waals surface area contributed by atoms with Crippen LogP contribution >= 0.6 is 11.6 Å². The molecule has 1 saturated carbocycles. The van der Waals surface area contributed by atoms with Crippen molar-refractivity contribution in [3.8, 4) is 0 Å². The molecule has 1 aliphatic carbocycles. The van der Waals surface area contributed by atoms with Crippen molar-refractivity contribution < 1.29 is 0 Å². The van der Waals surface area contributed by atoms with Crippen molar-refractivity contribution in [1.82, 2.24) is 9.55 Å². The lowest BCUT2D eigenvalue weighted by molar-refractivity contribution is 0.516. The lowest BCUT2D eigenvalue weighted by Gasteiger charge is -2.15. The first-order valence-corrected chi connectivity index (χ1v) is 6.31. The Hall–Kier alpha value is -1.35. The Morgan fingerprint density at radius 3 is 2.65 bits per heavy atom. The molecule has 4 heteroatoms. The molecule has 2 aromatic heterocycles. The highest BCUT2D eigenvalue weighted by molar-refractivity contribution is 6.29. The topological polar surface area (TPSA) is 34.9 Å². The molecule has 17 heavy (non-hydrogen) atoms. The summed E-state index contributed by atoms with van der Waals surface area (Å²) >= 11 is 5.92. The number of pyridine rings is 2. The van der Waals surface area contributed by atoms with Gasteiger partial charge in [-0.05, 0) is 31.0 Å². The van der Waals surface area contributed by atoms with Crippen LogP contribution in [0.25, 0.3) is 11.0 Å². The maximum Gasteiger partial charge on any atom is 0.252 e. The highest BCUT2D eigenvalue weighted by atomic mass is 35.5. The summed E-state index contributed by atoms with van der Waals surface area (Å²) in [4.78, 5) is 16.3. The van der Waals surface area contributed by atoms with Gasteiger partial charge in [-0.25, -0.2) is 4.98 Å². The van der Waals surface area contributed by atoms with Crippen LogP contribution in [-0.2, 0) is 0 Å². The average molecular weight is 249 g/mol. The maximum absolute atomic E-state index is 12.0. The van der Waals surface area contributed by atoms with Crippen LogP contribution < -0.4 is 5.56 Å². The third-order valence-electron chi connectivity index (χ3n) is 3.43. The molecule has 1 aliphatic rings. The summed E-state index contributed by atoms with van der Waals surface area (Å²) in [6.07, 6.45) is 4.50. The molecule has 0 radical (unpaired) electrons. The molecule has 0 aliphatic heterocycles. The fourth-order valence-corrected chi connectivity index (χ4v) is 2.76. The van der Waals surface area contributed by atoms with Crippen LogP contribution in [0.3, 0.4) is 0 Å². The molecule has 0 spiro atoms. The van der Waals surface area contributed by atoms with Gasteiger partial charge in [0.1, 0.15) is 10.8 Å². The molecule has 0 saturated heterocycles. The summed E-state index contributed by atoms with van der Waals surface area (Å²) < 4.78 is 1.81. The molecule has 0 atom stereocenters. The summed E-state index contributed by atoms with van der Waals surface area (Å²) in [6, 6.07) is 7.39. The fourth-order valence-electron chi connectivity index (χ4n) is 2.62. The van der Waals surface area contributed by atoms with E-state index in [1.807, 2.05) is 16.7 Å². The highest BCUT2D eigenvalue weighted by Gasteiger charge is 2.20. The molecule has 3 nitrogen and oxygen atoms in total. The molecule has 3 rings (SSSR count). The fraction of sp³-hybridized carbons (Fsp3) is 0.385. The minimum atomic E-state index is 0.0270. The zero-order valence-electron chi connectivity index (χ0n) is 9.40. The Morgan fingerprint density at radius 2 is 1.88 bits per heavy atom. The van der Waals surface area contributed by atoms with Crippen molar-refractivity contribution >= 4 is 22.6 Å². The Morgan fingerprint density at radius 1 is 1.18 bits per heavy atom. The minimum absolute atomic E-state index is 0.0270. The van der Waals surface area contributed by atoms with Crippen molar-refractivity contribution in [3.05, 3.63) is 39.8 Å². The van der Waals surface area contributed by atoms with Crippen LogP contribution in [0.2, 0.25) is 5.15 Å². The first kappa shape index (κ1) is 10.8. The van der Waals surface area contributed by atoms with Gasteiger partial charge in [-0.3, -0.25) is 9.36 Å². The van der Waals surface area contributed by atoms with Crippen LogP contribution in [-0.4, -0.2) is 9.55 Å². The summed E-state index contributed by atoms with van der Waals surface area (Å²) in [6.45, 7) is 0. The van der Waals surface area contributed by atoms with Crippen LogP contribution in [0.15, 0.2) is 29.1 Å². The Bertz CT molecular complexity index is 614. The van der Waals surface area contributed by atoms with Crippen molar-refractivity contribution in [1.29, 1.82) is 0 Å². The van der Waals surface area contributed by atoms with E-state index < -0.39 is 0 Å². The number of fused-ring (bicyclic) bond motifs is 1. The highest BCUT2D eigenvalue weighted by Crippen LogP contribution is 2.30. The molecule has 2 aromatic rings. The quantitative estimate of drug-likeness (QED) is 0.727.